The van der Waals surface area contributed by atoms with Crippen LogP contribution >= 0.6 is 11.8 Å². The fourth-order valence-corrected chi connectivity index (χ4v) is 6.54. The van der Waals surface area contributed by atoms with Crippen LogP contribution in [0.15, 0.2) is 70.3 Å². The molecule has 58 heavy (non-hydrogen) atoms. The lowest BCUT2D eigenvalue weighted by molar-refractivity contribution is -0.142. The highest BCUT2D eigenvalue weighted by molar-refractivity contribution is 7.98. The van der Waals surface area contributed by atoms with Crippen molar-refractivity contribution >= 4 is 53.2 Å². The number of carbonyl (C=O) groups excluding carboxylic acids is 6. The zero-order valence-corrected chi connectivity index (χ0v) is 33.9. The summed E-state index contributed by atoms with van der Waals surface area (Å²) in [5, 5.41) is 19.4. The van der Waals surface area contributed by atoms with Crippen molar-refractivity contribution < 1.29 is 38.7 Å². The first kappa shape index (κ1) is 46.8. The third-order valence-electron chi connectivity index (χ3n) is 9.30. The Morgan fingerprint density at radius 2 is 1.34 bits per heavy atom. The summed E-state index contributed by atoms with van der Waals surface area (Å²) in [5.41, 5.74) is 5.55. The summed E-state index contributed by atoms with van der Waals surface area (Å²) >= 11 is 1.40. The number of benzene rings is 2. The average molecular weight is 824 g/mol. The Morgan fingerprint density at radius 3 is 1.88 bits per heavy atom. The molecule has 0 fully saturated rings. The van der Waals surface area contributed by atoms with Gasteiger partial charge in [0.05, 0.1) is 12.6 Å². The Labute approximate surface area is 340 Å². The van der Waals surface area contributed by atoms with E-state index in [1.54, 1.807) is 66.9 Å². The van der Waals surface area contributed by atoms with Gasteiger partial charge in [0.25, 0.3) is 5.91 Å². The number of thioether (sulfide) groups is 1. The van der Waals surface area contributed by atoms with Gasteiger partial charge in [-0.05, 0) is 54.7 Å². The van der Waals surface area contributed by atoms with Gasteiger partial charge in [-0.2, -0.15) is 11.8 Å². The van der Waals surface area contributed by atoms with Crippen LogP contribution < -0.4 is 38.1 Å². The summed E-state index contributed by atoms with van der Waals surface area (Å²) < 4.78 is 0.461. The van der Waals surface area contributed by atoms with Gasteiger partial charge >= 0.3 is 17.1 Å². The molecule has 18 heteroatoms. The number of carboxylic acids is 1. The van der Waals surface area contributed by atoms with Gasteiger partial charge in [-0.3, -0.25) is 43.2 Å². The molecule has 3 rings (SSSR count). The number of carboxylic acid groups (broad SMARTS) is 1. The normalized spacial score (nSPS) is 13.8. The van der Waals surface area contributed by atoms with Gasteiger partial charge < -0.3 is 37.0 Å². The SMILES string of the molecule is CSCC[C@H](NC(=O)[C@H](CC(C)C)NC(=O)CNC(=O)[C@H](Cc1ccccc1)N(C)C(=O)[C@H](Cc1ccccc1)NC(=O)[C@@H](N)CCCC(=O)O)C(=O)n1c(=O)c1=O. The van der Waals surface area contributed by atoms with Crippen LogP contribution in [0, 0.1) is 5.92 Å². The molecule has 0 spiro atoms. The maximum absolute atomic E-state index is 14.2. The van der Waals surface area contributed by atoms with Crippen LogP contribution in [0.1, 0.15) is 61.9 Å². The average Bonchev–Trinajstić information content (AvgIpc) is 3.80. The summed E-state index contributed by atoms with van der Waals surface area (Å²) in [7, 11) is 1.41. The van der Waals surface area contributed by atoms with Crippen LogP contribution in [-0.2, 0) is 41.6 Å². The predicted molar refractivity (Wildman–Crippen MR) is 218 cm³/mol. The van der Waals surface area contributed by atoms with E-state index in [4.69, 9.17) is 10.8 Å². The number of rotatable bonds is 24. The highest BCUT2D eigenvalue weighted by Gasteiger charge is 2.35. The van der Waals surface area contributed by atoms with Gasteiger partial charge in [0.2, 0.25) is 29.5 Å². The molecule has 0 saturated heterocycles. The summed E-state index contributed by atoms with van der Waals surface area (Å²) in [6.07, 6.45) is 2.19. The lowest BCUT2D eigenvalue weighted by Gasteiger charge is -2.31. The van der Waals surface area contributed by atoms with Crippen molar-refractivity contribution in [3.63, 3.8) is 0 Å². The second-order valence-electron chi connectivity index (χ2n) is 14.4. The van der Waals surface area contributed by atoms with Crippen LogP contribution in [0.3, 0.4) is 0 Å². The number of carbonyl (C=O) groups is 7. The zero-order chi connectivity index (χ0) is 42.9. The molecule has 0 aliphatic heterocycles. The molecule has 5 atom stereocenters. The molecule has 2 aromatic carbocycles. The number of aliphatic carboxylic acids is 1. The number of aromatic nitrogens is 1. The molecule has 314 valence electrons. The molecule has 0 radical (unpaired) electrons. The fraction of sp³-hybridized carbons (Fsp3) is 0.475. The molecule has 0 aliphatic carbocycles. The van der Waals surface area contributed by atoms with E-state index in [9.17, 15) is 43.2 Å². The van der Waals surface area contributed by atoms with Crippen molar-refractivity contribution in [2.45, 2.75) is 89.0 Å². The number of likely N-dealkylation sites (N-methyl/N-ethyl adjacent to an activating group) is 1. The van der Waals surface area contributed by atoms with Gasteiger partial charge in [0.15, 0.2) is 0 Å². The third-order valence-corrected chi connectivity index (χ3v) is 9.94. The Hall–Kier alpha value is -5.62. The predicted octanol–water partition coefficient (Wildman–Crippen LogP) is -0.0113. The second-order valence-corrected chi connectivity index (χ2v) is 15.4. The molecule has 3 aromatic rings. The van der Waals surface area contributed by atoms with E-state index in [0.717, 1.165) is 0 Å². The second kappa shape index (κ2) is 23.0. The highest BCUT2D eigenvalue weighted by Crippen LogP contribution is 2.14. The maximum Gasteiger partial charge on any atom is 0.326 e. The summed E-state index contributed by atoms with van der Waals surface area (Å²) in [6, 6.07) is 12.0. The van der Waals surface area contributed by atoms with Crippen molar-refractivity contribution in [3.8, 4) is 0 Å². The molecule has 0 unspecified atom stereocenters. The Balaban J connectivity index is 1.78. The van der Waals surface area contributed by atoms with Crippen molar-refractivity contribution in [2.24, 2.45) is 11.7 Å². The lowest BCUT2D eigenvalue weighted by Crippen LogP contribution is -2.58. The fourth-order valence-electron chi connectivity index (χ4n) is 6.06. The number of hydrogen-bond acceptors (Lipinski definition) is 11. The van der Waals surface area contributed by atoms with Gasteiger partial charge in [-0.15, -0.1) is 0 Å². The molecule has 0 saturated carbocycles. The standard InChI is InChI=1S/C40H53N7O10S/c1-24(2)20-29(35(52)44-28(18-19-58-4)38(55)47-39(56)40(47)57)43-32(48)23-42-36(53)31(22-26-14-9-6-10-15-26)46(3)37(54)30(21-25-12-7-5-8-13-25)45-34(51)27(41)16-11-17-33(49)50/h5-10,12-15,24,27-31H,11,16-23,41H2,1-4H3,(H,42,53)(H,43,48)(H,44,52)(H,45,51)(H,49,50)/t27-,28-,29-,30-,31-/m0/s1. The molecular formula is C40H53N7O10S. The van der Waals surface area contributed by atoms with Crippen molar-refractivity contribution in [1.82, 2.24) is 30.7 Å². The van der Waals surface area contributed by atoms with Gasteiger partial charge in [0.1, 0.15) is 24.2 Å². The van der Waals surface area contributed by atoms with E-state index in [0.29, 0.717) is 21.4 Å². The Bertz CT molecular complexity index is 1920. The van der Waals surface area contributed by atoms with E-state index in [2.05, 4.69) is 21.3 Å². The van der Waals surface area contributed by atoms with Crippen LogP contribution in [0.25, 0.3) is 0 Å². The number of nitrogens with zero attached hydrogens (tertiary/aromatic N) is 2. The van der Waals surface area contributed by atoms with Crippen LogP contribution in [0.2, 0.25) is 0 Å². The summed E-state index contributed by atoms with van der Waals surface area (Å²) in [4.78, 5) is 116. The first-order chi connectivity index (χ1) is 27.5. The van der Waals surface area contributed by atoms with E-state index in [-0.39, 0.29) is 50.9 Å². The molecule has 5 amide bonds. The minimum atomic E-state index is -1.18. The van der Waals surface area contributed by atoms with Crippen molar-refractivity contribution in [2.75, 3.05) is 25.6 Å². The lowest BCUT2D eigenvalue weighted by atomic mass is 10.0. The molecule has 1 heterocycles. The molecule has 0 aliphatic rings. The first-order valence-corrected chi connectivity index (χ1v) is 20.3. The minimum absolute atomic E-state index is 0.0309. The topological polar surface area (TPSA) is 256 Å². The van der Waals surface area contributed by atoms with E-state index in [1.807, 2.05) is 13.8 Å². The minimum Gasteiger partial charge on any atom is -0.481 e. The van der Waals surface area contributed by atoms with Gasteiger partial charge in [-0.25, -0.2) is 4.57 Å². The van der Waals surface area contributed by atoms with Gasteiger partial charge in [0, 0.05) is 26.3 Å². The molecule has 7 N–H and O–H groups in total. The Morgan fingerprint density at radius 1 is 0.776 bits per heavy atom. The number of nitrogens with one attached hydrogen (secondary N) is 4. The first-order valence-electron chi connectivity index (χ1n) is 18.9. The molecule has 0 bridgehead atoms. The van der Waals surface area contributed by atoms with E-state index >= 15 is 0 Å². The maximum atomic E-state index is 14.2. The van der Waals surface area contributed by atoms with E-state index in [1.165, 1.54) is 23.7 Å². The number of hydrogen-bond donors (Lipinski definition) is 6. The van der Waals surface area contributed by atoms with Crippen LogP contribution in [0.4, 0.5) is 0 Å². The third kappa shape index (κ3) is 14.7. The molecule has 1 aromatic heterocycles. The zero-order valence-electron chi connectivity index (χ0n) is 33.1. The number of amides is 5. The smallest absolute Gasteiger partial charge is 0.326 e. The van der Waals surface area contributed by atoms with Crippen LogP contribution in [-0.4, -0.2) is 112 Å². The van der Waals surface area contributed by atoms with Crippen molar-refractivity contribution in [1.29, 1.82) is 0 Å². The Kier molecular flexibility index (Phi) is 18.5. The largest absolute Gasteiger partial charge is 0.481 e. The quantitative estimate of drug-likeness (QED) is 0.0653. The highest BCUT2D eigenvalue weighted by atomic mass is 32.2. The summed E-state index contributed by atoms with van der Waals surface area (Å²) in [6.45, 7) is 3.05. The number of nitrogens with two attached hydrogens (primary N) is 1. The monoisotopic (exact) mass is 823 g/mol. The van der Waals surface area contributed by atoms with Crippen LogP contribution in [0.5, 0.6) is 0 Å². The molecule has 17 nitrogen and oxygen atoms in total. The van der Waals surface area contributed by atoms with Gasteiger partial charge in [-0.1, -0.05) is 74.5 Å². The summed E-state index contributed by atoms with van der Waals surface area (Å²) in [5.74, 6) is -5.00. The molecular weight excluding hydrogens is 771 g/mol. The van der Waals surface area contributed by atoms with Crippen molar-refractivity contribution in [3.05, 3.63) is 92.5 Å². The van der Waals surface area contributed by atoms with E-state index < -0.39 is 89.3 Å².